The van der Waals surface area contributed by atoms with Gasteiger partial charge in [-0.3, -0.25) is 9.10 Å². The number of rotatable bonds is 8. The number of anilines is 1. The van der Waals surface area contributed by atoms with Gasteiger partial charge < -0.3 is 0 Å². The molecule has 0 heterocycles. The zero-order chi connectivity index (χ0) is 26.5. The van der Waals surface area contributed by atoms with Crippen LogP contribution in [0.3, 0.4) is 0 Å². The van der Waals surface area contributed by atoms with Gasteiger partial charge in [-0.15, -0.1) is 0 Å². The first-order chi connectivity index (χ1) is 16.9. The summed E-state index contributed by atoms with van der Waals surface area (Å²) in [7, 11) is -4.46. The molecule has 1 amide bonds. The SMILES string of the molecule is CC(C)c1ccc(/C=N/NC(=O)CN(c2cc(C(F)(F)F)ccc2Cl)S(=O)(=O)c2ccccc2)cc1. The smallest absolute Gasteiger partial charge is 0.271 e. The van der Waals surface area contributed by atoms with Crippen LogP contribution in [-0.2, 0) is 21.0 Å². The molecular formula is C25H23ClF3N3O3S. The van der Waals surface area contributed by atoms with Gasteiger partial charge >= 0.3 is 6.18 Å². The first-order valence-electron chi connectivity index (χ1n) is 10.8. The van der Waals surface area contributed by atoms with Crippen LogP contribution in [0.1, 0.15) is 36.5 Å². The van der Waals surface area contributed by atoms with Gasteiger partial charge in [0.2, 0.25) is 0 Å². The third-order valence-electron chi connectivity index (χ3n) is 5.17. The average molecular weight is 538 g/mol. The molecule has 0 saturated heterocycles. The molecule has 0 aromatic heterocycles. The fraction of sp³-hybridized carbons (Fsp3) is 0.200. The highest BCUT2D eigenvalue weighted by molar-refractivity contribution is 7.92. The van der Waals surface area contributed by atoms with Gasteiger partial charge in [0.1, 0.15) is 6.54 Å². The summed E-state index contributed by atoms with van der Waals surface area (Å²) in [6, 6.07) is 16.7. The van der Waals surface area contributed by atoms with Crippen molar-refractivity contribution in [3.05, 3.63) is 94.5 Å². The minimum atomic E-state index is -4.75. The molecule has 0 unspecified atom stereocenters. The van der Waals surface area contributed by atoms with Crippen molar-refractivity contribution in [1.82, 2.24) is 5.43 Å². The Kier molecular flexibility index (Phi) is 8.42. The van der Waals surface area contributed by atoms with Gasteiger partial charge in [0.25, 0.3) is 15.9 Å². The standard InChI is InChI=1S/C25H23ClF3N3O3S/c1-17(2)19-10-8-18(9-11-19)15-30-31-24(33)16-32(36(34,35)21-6-4-3-5-7-21)23-14-20(25(27,28)29)12-13-22(23)26/h3-15,17H,16H2,1-2H3,(H,31,33)/b30-15+. The monoisotopic (exact) mass is 537 g/mol. The number of benzene rings is 3. The van der Waals surface area contributed by atoms with Crippen LogP contribution in [0.5, 0.6) is 0 Å². The third-order valence-corrected chi connectivity index (χ3v) is 7.26. The number of sulfonamides is 1. The molecule has 0 spiro atoms. The summed E-state index contributed by atoms with van der Waals surface area (Å²) in [6.07, 6.45) is -3.38. The zero-order valence-corrected chi connectivity index (χ0v) is 20.9. The first kappa shape index (κ1) is 27.2. The van der Waals surface area contributed by atoms with Crippen LogP contribution in [-0.4, -0.2) is 27.1 Å². The van der Waals surface area contributed by atoms with Crippen LogP contribution < -0.4 is 9.73 Å². The number of hydrogen-bond donors (Lipinski definition) is 1. The number of nitrogens with zero attached hydrogens (tertiary/aromatic N) is 2. The number of hydrazone groups is 1. The Balaban J connectivity index is 1.90. The van der Waals surface area contributed by atoms with Crippen LogP contribution >= 0.6 is 11.6 Å². The Bertz CT molecular complexity index is 1340. The second-order valence-corrected chi connectivity index (χ2v) is 10.4. The molecule has 3 rings (SSSR count). The lowest BCUT2D eigenvalue weighted by Gasteiger charge is -2.25. The minimum absolute atomic E-state index is 0.222. The van der Waals surface area contributed by atoms with Crippen molar-refractivity contribution in [3.8, 4) is 0 Å². The van der Waals surface area contributed by atoms with E-state index in [1.54, 1.807) is 18.2 Å². The van der Waals surface area contributed by atoms with E-state index < -0.39 is 39.9 Å². The van der Waals surface area contributed by atoms with Crippen molar-refractivity contribution in [1.29, 1.82) is 0 Å². The second-order valence-electron chi connectivity index (χ2n) is 8.10. The maximum Gasteiger partial charge on any atom is 0.416 e. The highest BCUT2D eigenvalue weighted by Gasteiger charge is 2.34. The highest BCUT2D eigenvalue weighted by atomic mass is 35.5. The van der Waals surface area contributed by atoms with Gasteiger partial charge in [0.05, 0.1) is 27.4 Å². The number of hydrogen-bond acceptors (Lipinski definition) is 4. The largest absolute Gasteiger partial charge is 0.416 e. The fourth-order valence-electron chi connectivity index (χ4n) is 3.21. The summed E-state index contributed by atoms with van der Waals surface area (Å²) in [4.78, 5) is 12.4. The van der Waals surface area contributed by atoms with Crippen molar-refractivity contribution in [2.75, 3.05) is 10.8 Å². The van der Waals surface area contributed by atoms with Crippen molar-refractivity contribution in [2.24, 2.45) is 5.10 Å². The number of alkyl halides is 3. The van der Waals surface area contributed by atoms with Crippen molar-refractivity contribution >= 4 is 39.4 Å². The molecule has 0 aliphatic rings. The van der Waals surface area contributed by atoms with E-state index in [1.807, 2.05) is 12.1 Å². The fourth-order valence-corrected chi connectivity index (χ4v) is 4.93. The van der Waals surface area contributed by atoms with E-state index in [4.69, 9.17) is 11.6 Å². The van der Waals surface area contributed by atoms with Gasteiger partial charge in [0.15, 0.2) is 0 Å². The number of carbonyl (C=O) groups is 1. The molecule has 1 N–H and O–H groups in total. The average Bonchev–Trinajstić information content (AvgIpc) is 2.83. The maximum absolute atomic E-state index is 13.3. The Labute approximate surface area is 212 Å². The number of halogens is 4. The lowest BCUT2D eigenvalue weighted by atomic mass is 10.0. The highest BCUT2D eigenvalue weighted by Crippen LogP contribution is 2.37. The second kappa shape index (κ2) is 11.1. The van der Waals surface area contributed by atoms with Crippen LogP contribution in [0, 0.1) is 0 Å². The van der Waals surface area contributed by atoms with E-state index in [0.29, 0.717) is 21.9 Å². The molecule has 0 radical (unpaired) electrons. The van der Waals surface area contributed by atoms with Gasteiger partial charge in [-0.2, -0.15) is 18.3 Å². The summed E-state index contributed by atoms with van der Waals surface area (Å²) >= 11 is 6.10. The molecule has 3 aromatic rings. The molecule has 0 atom stereocenters. The molecule has 0 aliphatic heterocycles. The zero-order valence-electron chi connectivity index (χ0n) is 19.3. The number of amides is 1. The van der Waals surface area contributed by atoms with E-state index >= 15 is 0 Å². The van der Waals surface area contributed by atoms with Gasteiger partial charge in [-0.05, 0) is 47.4 Å². The summed E-state index contributed by atoms with van der Waals surface area (Å²) in [5, 5.41) is 3.56. The van der Waals surface area contributed by atoms with E-state index in [-0.39, 0.29) is 9.92 Å². The molecule has 11 heteroatoms. The first-order valence-corrected chi connectivity index (χ1v) is 12.6. The number of carbonyl (C=O) groups excluding carboxylic acids is 1. The molecule has 190 valence electrons. The molecule has 0 bridgehead atoms. The molecule has 0 aliphatic carbocycles. The summed E-state index contributed by atoms with van der Waals surface area (Å²) in [5.41, 5.74) is 2.43. The Morgan fingerprint density at radius 1 is 1.06 bits per heavy atom. The van der Waals surface area contributed by atoms with Crippen LogP contribution in [0.15, 0.2) is 82.8 Å². The van der Waals surface area contributed by atoms with Gasteiger partial charge in [-0.1, -0.05) is 67.9 Å². The van der Waals surface area contributed by atoms with E-state index in [1.165, 1.54) is 30.5 Å². The molecule has 6 nitrogen and oxygen atoms in total. The lowest BCUT2D eigenvalue weighted by molar-refractivity contribution is -0.137. The van der Waals surface area contributed by atoms with Crippen molar-refractivity contribution < 1.29 is 26.4 Å². The van der Waals surface area contributed by atoms with Gasteiger partial charge in [0, 0.05) is 0 Å². The third kappa shape index (κ3) is 6.64. The predicted octanol–water partition coefficient (Wildman–Crippen LogP) is 5.83. The van der Waals surface area contributed by atoms with Crippen molar-refractivity contribution in [2.45, 2.75) is 30.8 Å². The molecule has 36 heavy (non-hydrogen) atoms. The lowest BCUT2D eigenvalue weighted by Crippen LogP contribution is -2.40. The molecule has 0 saturated carbocycles. The molecule has 3 aromatic carbocycles. The summed E-state index contributed by atoms with van der Waals surface area (Å²) in [5.74, 6) is -0.533. The number of nitrogens with one attached hydrogen (secondary N) is 1. The molecular weight excluding hydrogens is 515 g/mol. The Morgan fingerprint density at radius 3 is 2.28 bits per heavy atom. The summed E-state index contributed by atoms with van der Waals surface area (Å²) in [6.45, 7) is 3.24. The van der Waals surface area contributed by atoms with Crippen LogP contribution in [0.4, 0.5) is 18.9 Å². The van der Waals surface area contributed by atoms with Gasteiger partial charge in [-0.25, -0.2) is 13.8 Å². The Hall–Kier alpha value is -3.37. The van der Waals surface area contributed by atoms with E-state index in [9.17, 15) is 26.4 Å². The van der Waals surface area contributed by atoms with Crippen LogP contribution in [0.25, 0.3) is 0 Å². The van der Waals surface area contributed by atoms with Crippen molar-refractivity contribution in [3.63, 3.8) is 0 Å². The Morgan fingerprint density at radius 2 is 1.69 bits per heavy atom. The summed E-state index contributed by atoms with van der Waals surface area (Å²) < 4.78 is 67.2. The van der Waals surface area contributed by atoms with Crippen LogP contribution in [0.2, 0.25) is 5.02 Å². The normalized spacial score (nSPS) is 12.2. The van der Waals surface area contributed by atoms with E-state index in [0.717, 1.165) is 17.7 Å². The van der Waals surface area contributed by atoms with E-state index in [2.05, 4.69) is 24.4 Å². The molecule has 0 fully saturated rings. The topological polar surface area (TPSA) is 78.8 Å². The predicted molar refractivity (Wildman–Crippen MR) is 134 cm³/mol. The minimum Gasteiger partial charge on any atom is -0.271 e. The quantitative estimate of drug-likeness (QED) is 0.290. The maximum atomic E-state index is 13.3.